The third-order valence-electron chi connectivity index (χ3n) is 2.70. The molecule has 0 aliphatic carbocycles. The number of carbonyl (C=O) groups excluding carboxylic acids is 1. The van der Waals surface area contributed by atoms with Gasteiger partial charge < -0.3 is 11.1 Å². The zero-order valence-electron chi connectivity index (χ0n) is 10.3. The lowest BCUT2D eigenvalue weighted by molar-refractivity contribution is -0.118. The molecule has 0 radical (unpaired) electrons. The Morgan fingerprint density at radius 1 is 1.44 bits per heavy atom. The third-order valence-corrected chi connectivity index (χ3v) is 2.70. The van der Waals surface area contributed by atoms with E-state index >= 15 is 0 Å². The maximum absolute atomic E-state index is 10.7. The summed E-state index contributed by atoms with van der Waals surface area (Å²) in [7, 11) is 0. The molecule has 1 amide bonds. The van der Waals surface area contributed by atoms with Crippen LogP contribution in [0.3, 0.4) is 0 Å². The van der Waals surface area contributed by atoms with Crippen molar-refractivity contribution < 1.29 is 4.79 Å². The SMILES string of the molecule is Cc1ccccc1CNc1cnn(CC(N)=O)c1. The average molecular weight is 244 g/mol. The first-order valence-corrected chi connectivity index (χ1v) is 5.74. The second-order valence-corrected chi connectivity index (χ2v) is 4.17. The molecule has 2 rings (SSSR count). The first kappa shape index (κ1) is 12.2. The molecule has 94 valence electrons. The molecule has 0 saturated heterocycles. The Bertz CT molecular complexity index is 547. The number of nitrogens with two attached hydrogens (primary N) is 1. The topological polar surface area (TPSA) is 72.9 Å². The van der Waals surface area contributed by atoms with Gasteiger partial charge in [0, 0.05) is 12.7 Å². The Labute approximate surface area is 106 Å². The number of rotatable bonds is 5. The van der Waals surface area contributed by atoms with Gasteiger partial charge >= 0.3 is 0 Å². The molecular weight excluding hydrogens is 228 g/mol. The predicted molar refractivity (Wildman–Crippen MR) is 69.9 cm³/mol. The van der Waals surface area contributed by atoms with Crippen LogP contribution in [0.25, 0.3) is 0 Å². The molecule has 0 fully saturated rings. The van der Waals surface area contributed by atoms with Crippen LogP contribution in [0.2, 0.25) is 0 Å². The largest absolute Gasteiger partial charge is 0.378 e. The second kappa shape index (κ2) is 5.35. The molecule has 0 saturated carbocycles. The van der Waals surface area contributed by atoms with Gasteiger partial charge in [0.05, 0.1) is 11.9 Å². The van der Waals surface area contributed by atoms with E-state index in [0.717, 1.165) is 12.2 Å². The van der Waals surface area contributed by atoms with Crippen LogP contribution in [0.4, 0.5) is 5.69 Å². The lowest BCUT2D eigenvalue weighted by Gasteiger charge is -2.06. The minimum absolute atomic E-state index is 0.103. The van der Waals surface area contributed by atoms with Gasteiger partial charge in [-0.05, 0) is 18.1 Å². The summed E-state index contributed by atoms with van der Waals surface area (Å²) >= 11 is 0. The summed E-state index contributed by atoms with van der Waals surface area (Å²) in [6, 6.07) is 8.19. The number of nitrogens with one attached hydrogen (secondary N) is 1. The fourth-order valence-electron chi connectivity index (χ4n) is 1.71. The van der Waals surface area contributed by atoms with Gasteiger partial charge in [0.1, 0.15) is 6.54 Å². The molecule has 5 nitrogen and oxygen atoms in total. The highest BCUT2D eigenvalue weighted by Gasteiger charge is 2.02. The number of aromatic nitrogens is 2. The fourth-order valence-corrected chi connectivity index (χ4v) is 1.71. The Kier molecular flexibility index (Phi) is 3.62. The van der Waals surface area contributed by atoms with Gasteiger partial charge in [0.2, 0.25) is 5.91 Å². The molecule has 0 atom stereocenters. The summed E-state index contributed by atoms with van der Waals surface area (Å²) in [5.74, 6) is -0.399. The van der Waals surface area contributed by atoms with Crippen molar-refractivity contribution in [2.75, 3.05) is 5.32 Å². The van der Waals surface area contributed by atoms with Crippen LogP contribution in [-0.2, 0) is 17.9 Å². The number of nitrogens with zero attached hydrogens (tertiary/aromatic N) is 2. The summed E-state index contributed by atoms with van der Waals surface area (Å²) in [5.41, 5.74) is 8.45. The molecule has 1 aromatic heterocycles. The van der Waals surface area contributed by atoms with Crippen LogP contribution in [0.5, 0.6) is 0 Å². The van der Waals surface area contributed by atoms with E-state index in [0.29, 0.717) is 0 Å². The van der Waals surface area contributed by atoms with Crippen LogP contribution in [-0.4, -0.2) is 15.7 Å². The zero-order chi connectivity index (χ0) is 13.0. The van der Waals surface area contributed by atoms with Gasteiger partial charge in [-0.2, -0.15) is 5.10 Å². The number of carbonyl (C=O) groups is 1. The van der Waals surface area contributed by atoms with E-state index in [9.17, 15) is 4.79 Å². The highest BCUT2D eigenvalue weighted by atomic mass is 16.1. The average Bonchev–Trinajstić information content (AvgIpc) is 2.75. The van der Waals surface area contributed by atoms with Crippen molar-refractivity contribution >= 4 is 11.6 Å². The van der Waals surface area contributed by atoms with E-state index in [-0.39, 0.29) is 6.54 Å². The second-order valence-electron chi connectivity index (χ2n) is 4.17. The summed E-state index contributed by atoms with van der Waals surface area (Å²) < 4.78 is 1.52. The maximum Gasteiger partial charge on any atom is 0.239 e. The Balaban J connectivity index is 1.96. The van der Waals surface area contributed by atoms with Crippen molar-refractivity contribution in [3.8, 4) is 0 Å². The molecule has 3 N–H and O–H groups in total. The molecule has 0 aliphatic heterocycles. The predicted octanol–water partition coefficient (Wildman–Crippen LogP) is 1.29. The minimum atomic E-state index is -0.399. The Hall–Kier alpha value is -2.30. The molecule has 0 bridgehead atoms. The molecule has 1 aromatic carbocycles. The molecular formula is C13H16N4O. The third kappa shape index (κ3) is 3.10. The summed E-state index contributed by atoms with van der Waals surface area (Å²) in [6.07, 6.45) is 3.45. The lowest BCUT2D eigenvalue weighted by Crippen LogP contribution is -2.18. The van der Waals surface area contributed by atoms with Crippen molar-refractivity contribution in [2.45, 2.75) is 20.0 Å². The Morgan fingerprint density at radius 2 is 2.22 bits per heavy atom. The van der Waals surface area contributed by atoms with E-state index in [4.69, 9.17) is 5.73 Å². The standard InChI is InChI=1S/C13H16N4O/c1-10-4-2-3-5-11(10)6-15-12-7-16-17(8-12)9-13(14)18/h2-5,7-8,15H,6,9H2,1H3,(H2,14,18). The number of hydrogen-bond donors (Lipinski definition) is 2. The van der Waals surface area contributed by atoms with E-state index in [2.05, 4.69) is 29.5 Å². The molecule has 0 aliphatic rings. The van der Waals surface area contributed by atoms with Crippen molar-refractivity contribution in [1.29, 1.82) is 0 Å². The molecule has 1 heterocycles. The van der Waals surface area contributed by atoms with E-state index in [1.165, 1.54) is 15.8 Å². The molecule has 0 spiro atoms. The van der Waals surface area contributed by atoms with Crippen molar-refractivity contribution in [3.63, 3.8) is 0 Å². The lowest BCUT2D eigenvalue weighted by atomic mass is 10.1. The summed E-state index contributed by atoms with van der Waals surface area (Å²) in [6.45, 7) is 2.91. The first-order valence-electron chi connectivity index (χ1n) is 5.74. The number of primary amides is 1. The highest BCUT2D eigenvalue weighted by molar-refractivity contribution is 5.73. The van der Waals surface area contributed by atoms with Crippen molar-refractivity contribution in [3.05, 3.63) is 47.8 Å². The van der Waals surface area contributed by atoms with Gasteiger partial charge in [0.15, 0.2) is 0 Å². The molecule has 2 aromatic rings. The molecule has 5 heteroatoms. The van der Waals surface area contributed by atoms with Crippen LogP contribution >= 0.6 is 0 Å². The van der Waals surface area contributed by atoms with E-state index < -0.39 is 5.91 Å². The van der Waals surface area contributed by atoms with Crippen molar-refractivity contribution in [2.24, 2.45) is 5.73 Å². The van der Waals surface area contributed by atoms with E-state index in [1.54, 1.807) is 12.4 Å². The number of hydrogen-bond acceptors (Lipinski definition) is 3. The summed E-state index contributed by atoms with van der Waals surface area (Å²) in [4.78, 5) is 10.7. The highest BCUT2D eigenvalue weighted by Crippen LogP contribution is 2.11. The smallest absolute Gasteiger partial charge is 0.239 e. The number of amides is 1. The van der Waals surface area contributed by atoms with Gasteiger partial charge in [-0.25, -0.2) is 0 Å². The summed E-state index contributed by atoms with van der Waals surface area (Å²) in [5, 5.41) is 7.30. The van der Waals surface area contributed by atoms with Crippen LogP contribution < -0.4 is 11.1 Å². The van der Waals surface area contributed by atoms with Gasteiger partial charge in [-0.15, -0.1) is 0 Å². The van der Waals surface area contributed by atoms with Crippen molar-refractivity contribution in [1.82, 2.24) is 9.78 Å². The Morgan fingerprint density at radius 3 is 2.94 bits per heavy atom. The number of aryl methyl sites for hydroxylation is 1. The quantitative estimate of drug-likeness (QED) is 0.832. The normalized spacial score (nSPS) is 10.3. The first-order chi connectivity index (χ1) is 8.65. The van der Waals surface area contributed by atoms with Gasteiger partial charge in [-0.3, -0.25) is 9.48 Å². The number of benzene rings is 1. The van der Waals surface area contributed by atoms with Crippen LogP contribution in [0.1, 0.15) is 11.1 Å². The van der Waals surface area contributed by atoms with E-state index in [1.807, 2.05) is 12.1 Å². The number of anilines is 1. The molecule has 0 unspecified atom stereocenters. The zero-order valence-corrected chi connectivity index (χ0v) is 10.3. The van der Waals surface area contributed by atoms with Crippen LogP contribution in [0, 0.1) is 6.92 Å². The minimum Gasteiger partial charge on any atom is -0.378 e. The molecule has 18 heavy (non-hydrogen) atoms. The van der Waals surface area contributed by atoms with Crippen LogP contribution in [0.15, 0.2) is 36.7 Å². The maximum atomic E-state index is 10.7. The van der Waals surface area contributed by atoms with Gasteiger partial charge in [-0.1, -0.05) is 24.3 Å². The monoisotopic (exact) mass is 244 g/mol. The van der Waals surface area contributed by atoms with Gasteiger partial charge in [0.25, 0.3) is 0 Å². The fraction of sp³-hybridized carbons (Fsp3) is 0.231.